The Kier molecular flexibility index (Phi) is 3.40. The number of rotatable bonds is 3. The van der Waals surface area contributed by atoms with Crippen LogP contribution >= 0.6 is 0 Å². The molecule has 0 amide bonds. The molecule has 2 aromatic carbocycles. The van der Waals surface area contributed by atoms with Gasteiger partial charge in [0.25, 0.3) is 0 Å². The van der Waals surface area contributed by atoms with E-state index in [-0.39, 0.29) is 11.8 Å². The van der Waals surface area contributed by atoms with Crippen LogP contribution in [-0.4, -0.2) is 11.8 Å². The largest absolute Gasteiger partial charge is 0.422 e. The molecule has 0 N–H and O–H groups in total. The van der Waals surface area contributed by atoms with E-state index in [1.807, 2.05) is 48.5 Å². The van der Waals surface area contributed by atoms with E-state index in [2.05, 4.69) is 0 Å². The maximum Gasteiger partial charge on any atom is 0.344 e. The Morgan fingerprint density at radius 3 is 2.48 bits per heavy atom. The third-order valence-electron chi connectivity index (χ3n) is 3.40. The van der Waals surface area contributed by atoms with E-state index >= 15 is 0 Å². The highest BCUT2D eigenvalue weighted by atomic mass is 16.5. The molecule has 1 aliphatic heterocycles. The standard InChI is InChI=1S/C18H14O3/c1-12(19)10-13-6-2-3-7-14(13)11-17-15-8-4-5-9-16(15)18(20)21-17/h2-9,11H,10H2,1H3. The molecule has 0 saturated heterocycles. The summed E-state index contributed by atoms with van der Waals surface area (Å²) in [6, 6.07) is 14.9. The molecule has 0 atom stereocenters. The van der Waals surface area contributed by atoms with E-state index in [9.17, 15) is 9.59 Å². The summed E-state index contributed by atoms with van der Waals surface area (Å²) in [4.78, 5) is 23.2. The van der Waals surface area contributed by atoms with E-state index in [4.69, 9.17) is 4.74 Å². The zero-order valence-electron chi connectivity index (χ0n) is 11.6. The van der Waals surface area contributed by atoms with Crippen LogP contribution < -0.4 is 0 Å². The van der Waals surface area contributed by atoms with Crippen molar-refractivity contribution in [2.24, 2.45) is 0 Å². The number of ketones is 1. The second-order valence-electron chi connectivity index (χ2n) is 5.02. The number of carbonyl (C=O) groups is 2. The number of Topliss-reactive ketones (excluding diaryl/α,β-unsaturated/α-hetero) is 1. The lowest BCUT2D eigenvalue weighted by Gasteiger charge is -2.05. The Balaban J connectivity index is 2.04. The fourth-order valence-electron chi connectivity index (χ4n) is 2.44. The summed E-state index contributed by atoms with van der Waals surface area (Å²) in [6.45, 7) is 1.56. The van der Waals surface area contributed by atoms with Crippen LogP contribution in [0.25, 0.3) is 11.8 Å². The van der Waals surface area contributed by atoms with Crippen LogP contribution in [0.2, 0.25) is 0 Å². The number of hydrogen-bond donors (Lipinski definition) is 0. The summed E-state index contributed by atoms with van der Waals surface area (Å²) in [5.41, 5.74) is 3.19. The van der Waals surface area contributed by atoms with Crippen molar-refractivity contribution >= 4 is 23.6 Å². The fraction of sp³-hybridized carbons (Fsp3) is 0.111. The molecule has 21 heavy (non-hydrogen) atoms. The van der Waals surface area contributed by atoms with Crippen molar-refractivity contribution < 1.29 is 14.3 Å². The zero-order valence-corrected chi connectivity index (χ0v) is 11.6. The molecule has 1 heterocycles. The van der Waals surface area contributed by atoms with Crippen LogP contribution in [0.15, 0.2) is 48.5 Å². The number of cyclic esters (lactones) is 1. The first-order valence-corrected chi connectivity index (χ1v) is 6.76. The Morgan fingerprint density at radius 2 is 1.71 bits per heavy atom. The number of carbonyl (C=O) groups excluding carboxylic acids is 2. The molecule has 0 fully saturated rings. The molecule has 0 spiro atoms. The van der Waals surface area contributed by atoms with E-state index in [0.717, 1.165) is 16.7 Å². The second-order valence-corrected chi connectivity index (χ2v) is 5.02. The van der Waals surface area contributed by atoms with E-state index in [1.165, 1.54) is 0 Å². The molecule has 3 rings (SSSR count). The summed E-state index contributed by atoms with van der Waals surface area (Å²) in [6.07, 6.45) is 2.19. The Hall–Kier alpha value is -2.68. The van der Waals surface area contributed by atoms with Crippen LogP contribution in [-0.2, 0) is 16.0 Å². The van der Waals surface area contributed by atoms with Crippen LogP contribution in [0.4, 0.5) is 0 Å². The Morgan fingerprint density at radius 1 is 1.05 bits per heavy atom. The van der Waals surface area contributed by atoms with Gasteiger partial charge in [-0.3, -0.25) is 4.79 Å². The van der Waals surface area contributed by atoms with Gasteiger partial charge in [0.1, 0.15) is 11.5 Å². The molecule has 104 valence electrons. The molecule has 0 unspecified atom stereocenters. The van der Waals surface area contributed by atoms with E-state index in [0.29, 0.717) is 17.7 Å². The SMILES string of the molecule is CC(=O)Cc1ccccc1C=C1OC(=O)c2ccccc21. The highest BCUT2D eigenvalue weighted by molar-refractivity contribution is 6.05. The van der Waals surface area contributed by atoms with Crippen molar-refractivity contribution in [3.8, 4) is 0 Å². The molecular weight excluding hydrogens is 264 g/mol. The average Bonchev–Trinajstić information content (AvgIpc) is 2.78. The summed E-state index contributed by atoms with van der Waals surface area (Å²) < 4.78 is 5.33. The van der Waals surface area contributed by atoms with Crippen LogP contribution in [0, 0.1) is 0 Å². The molecule has 2 aromatic rings. The van der Waals surface area contributed by atoms with Gasteiger partial charge in [-0.15, -0.1) is 0 Å². The third-order valence-corrected chi connectivity index (χ3v) is 3.40. The van der Waals surface area contributed by atoms with Gasteiger partial charge in [0.05, 0.1) is 5.56 Å². The Bertz CT molecular complexity index is 757. The quantitative estimate of drug-likeness (QED) is 0.807. The number of fused-ring (bicyclic) bond motifs is 1. The van der Waals surface area contributed by atoms with Crippen molar-refractivity contribution in [2.45, 2.75) is 13.3 Å². The maximum absolute atomic E-state index is 11.8. The van der Waals surface area contributed by atoms with E-state index in [1.54, 1.807) is 13.0 Å². The van der Waals surface area contributed by atoms with Crippen molar-refractivity contribution in [1.29, 1.82) is 0 Å². The van der Waals surface area contributed by atoms with Gasteiger partial charge in [0.15, 0.2) is 0 Å². The third kappa shape index (κ3) is 2.63. The van der Waals surface area contributed by atoms with Gasteiger partial charge >= 0.3 is 5.97 Å². The van der Waals surface area contributed by atoms with Crippen LogP contribution in [0.3, 0.4) is 0 Å². The normalized spacial score (nSPS) is 14.9. The summed E-state index contributed by atoms with van der Waals surface area (Å²) in [5.74, 6) is 0.303. The predicted octanol–water partition coefficient (Wildman–Crippen LogP) is 3.49. The Labute approximate surface area is 122 Å². The minimum atomic E-state index is -0.333. The summed E-state index contributed by atoms with van der Waals surface area (Å²) in [7, 11) is 0. The first-order valence-electron chi connectivity index (χ1n) is 6.76. The first-order chi connectivity index (χ1) is 10.1. The molecule has 1 aliphatic rings. The minimum absolute atomic E-state index is 0.102. The van der Waals surface area contributed by atoms with Crippen LogP contribution in [0.1, 0.15) is 34.0 Å². The highest BCUT2D eigenvalue weighted by Gasteiger charge is 2.25. The number of hydrogen-bond acceptors (Lipinski definition) is 3. The molecule has 0 saturated carbocycles. The van der Waals surface area contributed by atoms with Crippen molar-refractivity contribution in [3.63, 3.8) is 0 Å². The maximum atomic E-state index is 11.8. The van der Waals surface area contributed by atoms with Gasteiger partial charge in [0, 0.05) is 12.0 Å². The first kappa shape index (κ1) is 13.3. The van der Waals surface area contributed by atoms with Gasteiger partial charge in [-0.2, -0.15) is 0 Å². The van der Waals surface area contributed by atoms with Crippen molar-refractivity contribution in [3.05, 3.63) is 70.8 Å². The van der Waals surface area contributed by atoms with Gasteiger partial charge in [-0.25, -0.2) is 4.79 Å². The van der Waals surface area contributed by atoms with Crippen molar-refractivity contribution in [2.75, 3.05) is 0 Å². The number of esters is 1. The minimum Gasteiger partial charge on any atom is -0.422 e. The number of ether oxygens (including phenoxy) is 1. The lowest BCUT2D eigenvalue weighted by Crippen LogP contribution is -1.98. The molecule has 0 aliphatic carbocycles. The fourth-order valence-corrected chi connectivity index (χ4v) is 2.44. The predicted molar refractivity (Wildman–Crippen MR) is 80.6 cm³/mol. The van der Waals surface area contributed by atoms with Crippen molar-refractivity contribution in [1.82, 2.24) is 0 Å². The number of benzene rings is 2. The van der Waals surface area contributed by atoms with E-state index < -0.39 is 0 Å². The molecule has 0 bridgehead atoms. The van der Waals surface area contributed by atoms with Gasteiger partial charge in [-0.05, 0) is 30.2 Å². The lowest BCUT2D eigenvalue weighted by molar-refractivity contribution is -0.116. The summed E-state index contributed by atoms with van der Waals surface area (Å²) >= 11 is 0. The lowest BCUT2D eigenvalue weighted by atomic mass is 10.0. The monoisotopic (exact) mass is 278 g/mol. The van der Waals surface area contributed by atoms with Crippen LogP contribution in [0.5, 0.6) is 0 Å². The highest BCUT2D eigenvalue weighted by Crippen LogP contribution is 2.31. The smallest absolute Gasteiger partial charge is 0.344 e. The zero-order chi connectivity index (χ0) is 14.8. The molecule has 3 heteroatoms. The average molecular weight is 278 g/mol. The molecule has 0 aromatic heterocycles. The summed E-state index contributed by atoms with van der Waals surface area (Å²) in [5, 5.41) is 0. The second kappa shape index (κ2) is 5.37. The molecular formula is C18H14O3. The van der Waals surface area contributed by atoms with Gasteiger partial charge < -0.3 is 4.74 Å². The molecule has 3 nitrogen and oxygen atoms in total. The topological polar surface area (TPSA) is 43.4 Å². The van der Waals surface area contributed by atoms with Gasteiger partial charge in [-0.1, -0.05) is 42.5 Å². The van der Waals surface area contributed by atoms with Gasteiger partial charge in [0.2, 0.25) is 0 Å². The molecule has 0 radical (unpaired) electrons.